The van der Waals surface area contributed by atoms with E-state index in [0.29, 0.717) is 5.75 Å². The zero-order chi connectivity index (χ0) is 15.2. The van der Waals surface area contributed by atoms with Gasteiger partial charge in [0.05, 0.1) is 26.9 Å². The van der Waals surface area contributed by atoms with Crippen LogP contribution in [0.2, 0.25) is 0 Å². The van der Waals surface area contributed by atoms with E-state index in [4.69, 9.17) is 18.9 Å². The molecule has 0 unspecified atom stereocenters. The highest BCUT2D eigenvalue weighted by Gasteiger charge is 2.62. The average molecular weight is 358 g/mol. The van der Waals surface area contributed by atoms with Crippen molar-refractivity contribution in [2.45, 2.75) is 18.1 Å². The second kappa shape index (κ2) is 5.34. The van der Waals surface area contributed by atoms with Gasteiger partial charge < -0.3 is 23.8 Å². The molecule has 0 amide bonds. The molecule has 2 heterocycles. The van der Waals surface area contributed by atoms with Crippen molar-refractivity contribution in [3.05, 3.63) is 16.1 Å². The van der Waals surface area contributed by atoms with E-state index in [9.17, 15) is 0 Å². The van der Waals surface area contributed by atoms with Crippen molar-refractivity contribution >= 4 is 15.9 Å². The number of piperidine rings is 1. The first-order chi connectivity index (χ1) is 10.1. The Labute approximate surface area is 133 Å². The summed E-state index contributed by atoms with van der Waals surface area (Å²) in [5, 5.41) is 0. The van der Waals surface area contributed by atoms with Crippen LogP contribution in [-0.4, -0.2) is 52.5 Å². The van der Waals surface area contributed by atoms with Crippen LogP contribution in [0, 0.1) is 0 Å². The maximum atomic E-state index is 6.07. The van der Waals surface area contributed by atoms with Gasteiger partial charge in [-0.1, -0.05) is 0 Å². The first kappa shape index (κ1) is 14.9. The fourth-order valence-corrected chi connectivity index (χ4v) is 3.83. The van der Waals surface area contributed by atoms with Crippen molar-refractivity contribution in [1.82, 2.24) is 4.90 Å². The SMILES string of the molecule is COc1cc(OC)c([C@]23CCN(C)C[C@H]2O3)c(OC)c1Br. The molecule has 21 heavy (non-hydrogen) atoms. The summed E-state index contributed by atoms with van der Waals surface area (Å²) in [4.78, 5) is 2.29. The molecule has 116 valence electrons. The van der Waals surface area contributed by atoms with Gasteiger partial charge in [0.15, 0.2) is 0 Å². The smallest absolute Gasteiger partial charge is 0.146 e. The third-order valence-electron chi connectivity index (χ3n) is 4.38. The Bertz CT molecular complexity index is 565. The van der Waals surface area contributed by atoms with Crippen LogP contribution in [0.3, 0.4) is 0 Å². The van der Waals surface area contributed by atoms with Crippen LogP contribution < -0.4 is 14.2 Å². The van der Waals surface area contributed by atoms with E-state index in [-0.39, 0.29) is 11.7 Å². The molecule has 5 nitrogen and oxygen atoms in total. The lowest BCUT2D eigenvalue weighted by atomic mass is 9.87. The minimum atomic E-state index is -0.294. The first-order valence-electron chi connectivity index (χ1n) is 6.92. The monoisotopic (exact) mass is 357 g/mol. The average Bonchev–Trinajstić information content (AvgIpc) is 3.20. The van der Waals surface area contributed by atoms with Crippen LogP contribution >= 0.6 is 15.9 Å². The Kier molecular flexibility index (Phi) is 3.80. The number of nitrogens with zero attached hydrogens (tertiary/aromatic N) is 1. The van der Waals surface area contributed by atoms with Gasteiger partial charge >= 0.3 is 0 Å². The zero-order valence-corrected chi connectivity index (χ0v) is 14.3. The molecule has 0 bridgehead atoms. The molecule has 0 spiro atoms. The number of fused-ring (bicyclic) bond motifs is 1. The minimum Gasteiger partial charge on any atom is -0.496 e. The van der Waals surface area contributed by atoms with Gasteiger partial charge in [-0.25, -0.2) is 0 Å². The molecule has 2 aliphatic heterocycles. The molecule has 0 radical (unpaired) electrons. The number of likely N-dealkylation sites (tertiary alicyclic amines) is 1. The van der Waals surface area contributed by atoms with Crippen molar-refractivity contribution in [2.24, 2.45) is 0 Å². The van der Waals surface area contributed by atoms with E-state index >= 15 is 0 Å². The van der Waals surface area contributed by atoms with Crippen LogP contribution in [0.5, 0.6) is 17.2 Å². The third kappa shape index (κ3) is 2.20. The van der Waals surface area contributed by atoms with E-state index in [1.807, 2.05) is 6.07 Å². The maximum Gasteiger partial charge on any atom is 0.146 e. The molecular formula is C15H20BrNO4. The number of likely N-dealkylation sites (N-methyl/N-ethyl adjacent to an activating group) is 1. The van der Waals surface area contributed by atoms with Crippen molar-refractivity contribution in [3.8, 4) is 17.2 Å². The van der Waals surface area contributed by atoms with Gasteiger partial charge in [0.2, 0.25) is 0 Å². The van der Waals surface area contributed by atoms with Gasteiger partial charge in [-0.15, -0.1) is 0 Å². The number of methoxy groups -OCH3 is 3. The van der Waals surface area contributed by atoms with Crippen molar-refractivity contribution in [1.29, 1.82) is 0 Å². The normalized spacial score (nSPS) is 28.0. The van der Waals surface area contributed by atoms with Crippen LogP contribution in [0.4, 0.5) is 0 Å². The highest BCUT2D eigenvalue weighted by molar-refractivity contribution is 9.10. The molecular weight excluding hydrogens is 338 g/mol. The molecule has 1 aromatic rings. The molecule has 6 heteroatoms. The summed E-state index contributed by atoms with van der Waals surface area (Å²) in [7, 11) is 7.06. The Morgan fingerprint density at radius 2 is 1.95 bits per heavy atom. The molecule has 1 aromatic carbocycles. The second-order valence-electron chi connectivity index (χ2n) is 5.51. The Morgan fingerprint density at radius 3 is 2.52 bits per heavy atom. The molecule has 3 rings (SSSR count). The van der Waals surface area contributed by atoms with Gasteiger partial charge in [-0.3, -0.25) is 0 Å². The minimum absolute atomic E-state index is 0.194. The van der Waals surface area contributed by atoms with Gasteiger partial charge in [-0.05, 0) is 29.4 Å². The Hall–Kier alpha value is -0.980. The van der Waals surface area contributed by atoms with Crippen LogP contribution in [0.15, 0.2) is 10.5 Å². The van der Waals surface area contributed by atoms with Crippen LogP contribution in [0.1, 0.15) is 12.0 Å². The fraction of sp³-hybridized carbons (Fsp3) is 0.600. The third-order valence-corrected chi connectivity index (χ3v) is 5.13. The van der Waals surface area contributed by atoms with Gasteiger partial charge in [-0.2, -0.15) is 0 Å². The molecule has 2 aliphatic rings. The van der Waals surface area contributed by atoms with Crippen molar-refractivity contribution < 1.29 is 18.9 Å². The summed E-state index contributed by atoms with van der Waals surface area (Å²) in [6.07, 6.45) is 1.12. The number of halogens is 1. The van der Waals surface area contributed by atoms with E-state index in [0.717, 1.165) is 41.0 Å². The molecule has 2 saturated heterocycles. The quantitative estimate of drug-likeness (QED) is 0.774. The predicted octanol–water partition coefficient (Wildman–Crippen LogP) is 2.40. The summed E-state index contributed by atoms with van der Waals surface area (Å²) >= 11 is 3.57. The Morgan fingerprint density at radius 1 is 1.24 bits per heavy atom. The van der Waals surface area contributed by atoms with Gasteiger partial charge in [0.25, 0.3) is 0 Å². The number of rotatable bonds is 4. The van der Waals surface area contributed by atoms with E-state index in [1.165, 1.54) is 0 Å². The molecule has 0 aliphatic carbocycles. The summed E-state index contributed by atoms with van der Waals surface area (Å²) in [5.74, 6) is 2.17. The highest BCUT2D eigenvalue weighted by Crippen LogP contribution is 2.59. The lowest BCUT2D eigenvalue weighted by Crippen LogP contribution is -2.36. The summed E-state index contributed by atoms with van der Waals surface area (Å²) < 4.78 is 23.5. The van der Waals surface area contributed by atoms with E-state index < -0.39 is 0 Å². The predicted molar refractivity (Wildman–Crippen MR) is 82.5 cm³/mol. The summed E-state index contributed by atoms with van der Waals surface area (Å²) in [5.41, 5.74) is 0.691. The lowest BCUT2D eigenvalue weighted by Gasteiger charge is -2.28. The fourth-order valence-electron chi connectivity index (χ4n) is 3.19. The number of hydrogen-bond acceptors (Lipinski definition) is 5. The summed E-state index contributed by atoms with van der Waals surface area (Å²) in [6.45, 7) is 1.92. The molecule has 2 atom stereocenters. The number of benzene rings is 1. The van der Waals surface area contributed by atoms with Gasteiger partial charge in [0.1, 0.15) is 33.4 Å². The molecule has 0 N–H and O–H groups in total. The van der Waals surface area contributed by atoms with Crippen LogP contribution in [0.25, 0.3) is 0 Å². The zero-order valence-electron chi connectivity index (χ0n) is 12.7. The van der Waals surface area contributed by atoms with E-state index in [2.05, 4.69) is 27.9 Å². The van der Waals surface area contributed by atoms with Crippen molar-refractivity contribution in [3.63, 3.8) is 0 Å². The van der Waals surface area contributed by atoms with Crippen LogP contribution in [-0.2, 0) is 10.3 Å². The maximum absolute atomic E-state index is 6.07. The molecule has 2 fully saturated rings. The highest BCUT2D eigenvalue weighted by atomic mass is 79.9. The number of ether oxygens (including phenoxy) is 4. The van der Waals surface area contributed by atoms with Gasteiger partial charge in [0, 0.05) is 19.2 Å². The standard InChI is InChI=1S/C15H20BrNO4/c1-17-6-5-15(11(8-17)21-15)12-9(18-2)7-10(19-3)13(16)14(12)20-4/h7,11H,5-6,8H2,1-4H3/t11-,15+/m1/s1. The Balaban J connectivity index is 2.12. The number of epoxide rings is 1. The summed E-state index contributed by atoms with van der Waals surface area (Å²) in [6, 6.07) is 1.88. The van der Waals surface area contributed by atoms with Crippen molar-refractivity contribution in [2.75, 3.05) is 41.5 Å². The topological polar surface area (TPSA) is 43.5 Å². The second-order valence-corrected chi connectivity index (χ2v) is 6.30. The lowest BCUT2D eigenvalue weighted by molar-refractivity contribution is 0.248. The number of hydrogen-bond donors (Lipinski definition) is 0. The molecule has 0 aromatic heterocycles. The first-order valence-corrected chi connectivity index (χ1v) is 7.72. The van der Waals surface area contributed by atoms with E-state index in [1.54, 1.807) is 21.3 Å². The molecule has 0 saturated carbocycles. The largest absolute Gasteiger partial charge is 0.496 e.